The Morgan fingerprint density at radius 2 is 2.00 bits per heavy atom. The maximum Gasteiger partial charge on any atom is 0.412 e. The van der Waals surface area contributed by atoms with Crippen molar-refractivity contribution >= 4 is 28.4 Å². The molecule has 0 spiro atoms. The number of rotatable bonds is 4. The lowest BCUT2D eigenvalue weighted by Gasteiger charge is -2.06. The molecule has 1 heterocycles. The molecule has 1 aromatic rings. The van der Waals surface area contributed by atoms with Crippen LogP contribution in [0.4, 0.5) is 9.80 Å². The largest absolute Gasteiger partial charge is 0.506 e. The summed E-state index contributed by atoms with van der Waals surface area (Å²) in [6.07, 6.45) is -0.681. The molecular formula is C10H13NO5S. The third-order valence-corrected chi connectivity index (χ3v) is 2.63. The van der Waals surface area contributed by atoms with Gasteiger partial charge in [-0.2, -0.15) is 0 Å². The van der Waals surface area contributed by atoms with Crippen LogP contribution in [0.25, 0.3) is 0 Å². The molecule has 1 aromatic heterocycles. The maximum atomic E-state index is 11.5. The van der Waals surface area contributed by atoms with Gasteiger partial charge in [0.05, 0.1) is 13.2 Å². The van der Waals surface area contributed by atoms with Crippen LogP contribution in [0.1, 0.15) is 24.2 Å². The summed E-state index contributed by atoms with van der Waals surface area (Å²) in [7, 11) is 0. The number of esters is 1. The minimum absolute atomic E-state index is 0.0510. The highest BCUT2D eigenvalue weighted by molar-refractivity contribution is 7.15. The van der Waals surface area contributed by atoms with Crippen molar-refractivity contribution < 1.29 is 24.2 Å². The van der Waals surface area contributed by atoms with E-state index in [2.05, 4.69) is 10.1 Å². The number of aromatic hydroxyl groups is 1. The van der Waals surface area contributed by atoms with Gasteiger partial charge in [-0.05, 0) is 13.8 Å². The first kappa shape index (κ1) is 13.3. The van der Waals surface area contributed by atoms with Gasteiger partial charge >= 0.3 is 12.1 Å². The predicted molar refractivity (Wildman–Crippen MR) is 62.6 cm³/mol. The van der Waals surface area contributed by atoms with Crippen LogP contribution in [-0.2, 0) is 9.47 Å². The number of anilines is 1. The van der Waals surface area contributed by atoms with E-state index in [1.807, 2.05) is 0 Å². The van der Waals surface area contributed by atoms with E-state index in [-0.39, 0.29) is 29.5 Å². The Labute approximate surface area is 102 Å². The lowest BCUT2D eigenvalue weighted by Crippen LogP contribution is -2.15. The highest BCUT2D eigenvalue weighted by Crippen LogP contribution is 2.33. The molecule has 17 heavy (non-hydrogen) atoms. The Hall–Kier alpha value is -1.76. The molecule has 6 nitrogen and oxygen atoms in total. The molecule has 0 atom stereocenters. The van der Waals surface area contributed by atoms with Crippen molar-refractivity contribution in [1.82, 2.24) is 0 Å². The van der Waals surface area contributed by atoms with Crippen molar-refractivity contribution in [2.24, 2.45) is 0 Å². The molecule has 0 aromatic carbocycles. The molecule has 0 radical (unpaired) electrons. The minimum atomic E-state index is -0.682. The van der Waals surface area contributed by atoms with E-state index in [0.717, 1.165) is 11.3 Å². The highest BCUT2D eigenvalue weighted by Gasteiger charge is 2.21. The van der Waals surface area contributed by atoms with Crippen molar-refractivity contribution in [2.75, 3.05) is 18.5 Å². The zero-order valence-electron chi connectivity index (χ0n) is 9.48. The van der Waals surface area contributed by atoms with Gasteiger partial charge in [0.2, 0.25) is 0 Å². The number of ether oxygens (including phenoxy) is 2. The van der Waals surface area contributed by atoms with E-state index in [1.165, 1.54) is 5.38 Å². The molecule has 0 aliphatic rings. The maximum absolute atomic E-state index is 11.5. The van der Waals surface area contributed by atoms with Gasteiger partial charge in [-0.3, -0.25) is 5.32 Å². The Morgan fingerprint density at radius 1 is 1.35 bits per heavy atom. The predicted octanol–water partition coefficient (Wildman–Crippen LogP) is 2.20. The summed E-state index contributed by atoms with van der Waals surface area (Å²) in [6.45, 7) is 3.72. The highest BCUT2D eigenvalue weighted by atomic mass is 32.1. The van der Waals surface area contributed by atoms with Crippen molar-refractivity contribution in [2.45, 2.75) is 13.8 Å². The first-order valence-electron chi connectivity index (χ1n) is 5.01. The summed E-state index contributed by atoms with van der Waals surface area (Å²) in [5, 5.41) is 13.4. The summed E-state index contributed by atoms with van der Waals surface area (Å²) < 4.78 is 9.44. The van der Waals surface area contributed by atoms with E-state index in [1.54, 1.807) is 13.8 Å². The van der Waals surface area contributed by atoms with E-state index >= 15 is 0 Å². The normalized spacial score (nSPS) is 9.76. The van der Waals surface area contributed by atoms with E-state index in [4.69, 9.17) is 4.74 Å². The second-order valence-electron chi connectivity index (χ2n) is 2.89. The first-order valence-corrected chi connectivity index (χ1v) is 5.89. The fourth-order valence-corrected chi connectivity index (χ4v) is 1.90. The summed E-state index contributed by atoms with van der Waals surface area (Å²) in [6, 6.07) is 0. The quantitative estimate of drug-likeness (QED) is 0.810. The summed E-state index contributed by atoms with van der Waals surface area (Å²) >= 11 is 1.02. The summed E-state index contributed by atoms with van der Waals surface area (Å²) in [4.78, 5) is 22.7. The number of carbonyl (C=O) groups excluding carboxylic acids is 2. The average Bonchev–Trinajstić information content (AvgIpc) is 2.60. The summed E-state index contributed by atoms with van der Waals surface area (Å²) in [5.74, 6) is -0.904. The van der Waals surface area contributed by atoms with E-state index in [0.29, 0.717) is 0 Å². The Balaban J connectivity index is 2.86. The number of thiophene rings is 1. The monoisotopic (exact) mass is 259 g/mol. The molecule has 0 bridgehead atoms. The molecule has 7 heteroatoms. The molecule has 0 saturated carbocycles. The fraction of sp³-hybridized carbons (Fsp3) is 0.400. The number of amides is 1. The van der Waals surface area contributed by atoms with Crippen molar-refractivity contribution in [1.29, 1.82) is 0 Å². The van der Waals surface area contributed by atoms with E-state index in [9.17, 15) is 14.7 Å². The van der Waals surface area contributed by atoms with Gasteiger partial charge in [0.1, 0.15) is 16.3 Å². The van der Waals surface area contributed by atoms with Crippen LogP contribution in [-0.4, -0.2) is 30.4 Å². The van der Waals surface area contributed by atoms with Crippen LogP contribution >= 0.6 is 11.3 Å². The number of nitrogens with one attached hydrogen (secondary N) is 1. The summed E-state index contributed by atoms with van der Waals surface area (Å²) in [5.41, 5.74) is -0.0510. The second-order valence-corrected chi connectivity index (χ2v) is 3.77. The SMILES string of the molecule is CCOC(=O)Nc1scc(O)c1C(=O)OCC. The van der Waals surface area contributed by atoms with Crippen LogP contribution in [0, 0.1) is 0 Å². The number of hydrogen-bond acceptors (Lipinski definition) is 6. The molecule has 0 saturated heterocycles. The molecule has 0 aliphatic carbocycles. The topological polar surface area (TPSA) is 84.9 Å². The Kier molecular flexibility index (Phi) is 4.77. The molecule has 1 amide bonds. The molecule has 0 aliphatic heterocycles. The van der Waals surface area contributed by atoms with Gasteiger partial charge in [-0.1, -0.05) is 0 Å². The van der Waals surface area contributed by atoms with Crippen LogP contribution in [0.5, 0.6) is 5.75 Å². The van der Waals surface area contributed by atoms with Crippen molar-refractivity contribution in [3.63, 3.8) is 0 Å². The van der Waals surface area contributed by atoms with Crippen molar-refractivity contribution in [3.8, 4) is 5.75 Å². The molecule has 94 valence electrons. The molecule has 0 fully saturated rings. The van der Waals surface area contributed by atoms with Gasteiger partial charge in [-0.15, -0.1) is 11.3 Å². The first-order chi connectivity index (χ1) is 8.10. The van der Waals surface area contributed by atoms with Gasteiger partial charge in [0, 0.05) is 5.38 Å². The third kappa shape index (κ3) is 3.35. The molecule has 0 unspecified atom stereocenters. The fourth-order valence-electron chi connectivity index (χ4n) is 1.10. The van der Waals surface area contributed by atoms with Crippen LogP contribution < -0.4 is 5.32 Å². The lowest BCUT2D eigenvalue weighted by atomic mass is 10.3. The standard InChI is InChI=1S/C10H13NO5S/c1-3-15-9(13)7-6(12)5-17-8(7)11-10(14)16-4-2/h5,12H,3-4H2,1-2H3,(H,11,14). The zero-order chi connectivity index (χ0) is 12.8. The third-order valence-electron chi connectivity index (χ3n) is 1.74. The Morgan fingerprint density at radius 3 is 2.59 bits per heavy atom. The van der Waals surface area contributed by atoms with Gasteiger partial charge in [0.25, 0.3) is 0 Å². The van der Waals surface area contributed by atoms with E-state index < -0.39 is 12.1 Å². The van der Waals surface area contributed by atoms with Crippen LogP contribution in [0.2, 0.25) is 0 Å². The molecule has 2 N–H and O–H groups in total. The van der Waals surface area contributed by atoms with Crippen LogP contribution in [0.3, 0.4) is 0 Å². The second kappa shape index (κ2) is 6.09. The average molecular weight is 259 g/mol. The van der Waals surface area contributed by atoms with Gasteiger partial charge < -0.3 is 14.6 Å². The lowest BCUT2D eigenvalue weighted by molar-refractivity contribution is 0.0525. The molecule has 1 rings (SSSR count). The zero-order valence-corrected chi connectivity index (χ0v) is 10.3. The number of carbonyl (C=O) groups is 2. The number of hydrogen-bond donors (Lipinski definition) is 2. The Bertz CT molecular complexity index is 415. The molecular weight excluding hydrogens is 246 g/mol. The smallest absolute Gasteiger partial charge is 0.412 e. The van der Waals surface area contributed by atoms with Crippen LogP contribution in [0.15, 0.2) is 5.38 Å². The van der Waals surface area contributed by atoms with Gasteiger partial charge in [0.15, 0.2) is 0 Å². The van der Waals surface area contributed by atoms with Gasteiger partial charge in [-0.25, -0.2) is 9.59 Å². The minimum Gasteiger partial charge on any atom is -0.506 e. The van der Waals surface area contributed by atoms with Crippen molar-refractivity contribution in [3.05, 3.63) is 10.9 Å².